The maximum Gasteiger partial charge on any atom is 0.254 e. The minimum Gasteiger partial charge on any atom is -0.380 e. The van der Waals surface area contributed by atoms with Gasteiger partial charge < -0.3 is 14.7 Å². The van der Waals surface area contributed by atoms with E-state index < -0.39 is 0 Å². The molecular weight excluding hydrogens is 374 g/mol. The average molecular weight is 398 g/mol. The standard InChI is InChI=1S/C20H23N5O2S/c1-15-22-19(23-27-15)14-24-7-9-25(10-8-24)20(26)16-4-2-5-17(12-16)21-13-18-6-3-11-28-18/h2-6,11-12,21H,7-10,13-14H2,1H3. The van der Waals surface area contributed by atoms with Crippen LogP contribution in [0.1, 0.15) is 27.0 Å². The maximum atomic E-state index is 12.9. The highest BCUT2D eigenvalue weighted by molar-refractivity contribution is 7.09. The van der Waals surface area contributed by atoms with Crippen LogP contribution >= 0.6 is 11.3 Å². The van der Waals surface area contributed by atoms with Crippen molar-refractivity contribution >= 4 is 22.9 Å². The Morgan fingerprint density at radius 3 is 2.79 bits per heavy atom. The number of anilines is 1. The van der Waals surface area contributed by atoms with Gasteiger partial charge in [-0.2, -0.15) is 4.98 Å². The number of nitrogens with one attached hydrogen (secondary N) is 1. The first-order valence-electron chi connectivity index (χ1n) is 9.34. The van der Waals surface area contributed by atoms with Gasteiger partial charge in [0, 0.05) is 55.8 Å². The van der Waals surface area contributed by atoms with Crippen LogP contribution in [0.25, 0.3) is 0 Å². The minimum absolute atomic E-state index is 0.0785. The quantitative estimate of drug-likeness (QED) is 0.689. The highest BCUT2D eigenvalue weighted by Crippen LogP contribution is 2.17. The molecule has 146 valence electrons. The SMILES string of the molecule is Cc1nc(CN2CCN(C(=O)c3cccc(NCc4cccs4)c3)CC2)no1. The zero-order chi connectivity index (χ0) is 19.3. The van der Waals surface area contributed by atoms with Crippen LogP contribution in [0.3, 0.4) is 0 Å². The molecular formula is C20H23N5O2S. The lowest BCUT2D eigenvalue weighted by Crippen LogP contribution is -2.48. The molecule has 1 saturated heterocycles. The van der Waals surface area contributed by atoms with Crippen molar-refractivity contribution in [3.8, 4) is 0 Å². The monoisotopic (exact) mass is 397 g/mol. The van der Waals surface area contributed by atoms with Crippen molar-refractivity contribution in [2.24, 2.45) is 0 Å². The summed E-state index contributed by atoms with van der Waals surface area (Å²) in [6, 6.07) is 11.9. The molecule has 0 atom stereocenters. The van der Waals surface area contributed by atoms with Gasteiger partial charge in [0.1, 0.15) is 0 Å². The molecule has 1 fully saturated rings. The lowest BCUT2D eigenvalue weighted by molar-refractivity contribution is 0.0624. The average Bonchev–Trinajstić information content (AvgIpc) is 3.38. The Labute approximate surface area is 168 Å². The van der Waals surface area contributed by atoms with E-state index in [2.05, 4.69) is 31.8 Å². The summed E-state index contributed by atoms with van der Waals surface area (Å²) in [5.41, 5.74) is 1.68. The van der Waals surface area contributed by atoms with Gasteiger partial charge in [0.15, 0.2) is 5.82 Å². The molecule has 4 rings (SSSR count). The van der Waals surface area contributed by atoms with E-state index in [1.165, 1.54) is 4.88 Å². The van der Waals surface area contributed by atoms with Crippen LogP contribution in [0.4, 0.5) is 5.69 Å². The smallest absolute Gasteiger partial charge is 0.254 e. The van der Waals surface area contributed by atoms with E-state index in [0.29, 0.717) is 31.3 Å². The predicted octanol–water partition coefficient (Wildman–Crippen LogP) is 3.01. The van der Waals surface area contributed by atoms with E-state index in [1.807, 2.05) is 35.2 Å². The summed E-state index contributed by atoms with van der Waals surface area (Å²) >= 11 is 1.72. The third kappa shape index (κ3) is 4.58. The Morgan fingerprint density at radius 1 is 1.21 bits per heavy atom. The highest BCUT2D eigenvalue weighted by atomic mass is 32.1. The van der Waals surface area contributed by atoms with Gasteiger partial charge in [-0.1, -0.05) is 17.3 Å². The lowest BCUT2D eigenvalue weighted by Gasteiger charge is -2.34. The van der Waals surface area contributed by atoms with Crippen LogP contribution in [-0.2, 0) is 13.1 Å². The molecule has 1 aliphatic heterocycles. The van der Waals surface area contributed by atoms with Crippen molar-refractivity contribution in [3.05, 3.63) is 63.9 Å². The number of hydrogen-bond acceptors (Lipinski definition) is 7. The van der Waals surface area contributed by atoms with Gasteiger partial charge in [0.2, 0.25) is 5.89 Å². The number of aryl methyl sites for hydroxylation is 1. The Kier molecular flexibility index (Phi) is 5.68. The number of thiophene rings is 1. The van der Waals surface area contributed by atoms with Crippen molar-refractivity contribution in [2.75, 3.05) is 31.5 Å². The Bertz CT molecular complexity index is 916. The fourth-order valence-electron chi connectivity index (χ4n) is 3.26. The Balaban J connectivity index is 1.31. The Hall–Kier alpha value is -2.71. The first-order valence-corrected chi connectivity index (χ1v) is 10.2. The number of nitrogens with zero attached hydrogens (tertiary/aromatic N) is 4. The molecule has 2 aromatic heterocycles. The molecule has 0 radical (unpaired) electrons. The molecule has 1 amide bonds. The van der Waals surface area contributed by atoms with Gasteiger partial charge >= 0.3 is 0 Å². The number of aromatic nitrogens is 2. The predicted molar refractivity (Wildman–Crippen MR) is 108 cm³/mol. The van der Waals surface area contributed by atoms with Crippen LogP contribution in [0.15, 0.2) is 46.3 Å². The van der Waals surface area contributed by atoms with Crippen molar-refractivity contribution in [2.45, 2.75) is 20.0 Å². The third-order valence-corrected chi connectivity index (χ3v) is 5.63. The third-order valence-electron chi connectivity index (χ3n) is 4.75. The van der Waals surface area contributed by atoms with Crippen molar-refractivity contribution in [1.29, 1.82) is 0 Å². The topological polar surface area (TPSA) is 74.5 Å². The number of carbonyl (C=O) groups is 1. The minimum atomic E-state index is 0.0785. The molecule has 8 heteroatoms. The lowest BCUT2D eigenvalue weighted by atomic mass is 10.1. The van der Waals surface area contributed by atoms with Gasteiger partial charge in [-0.3, -0.25) is 9.69 Å². The van der Waals surface area contributed by atoms with E-state index in [4.69, 9.17) is 4.52 Å². The summed E-state index contributed by atoms with van der Waals surface area (Å²) in [7, 11) is 0. The fourth-order valence-corrected chi connectivity index (χ4v) is 3.91. The zero-order valence-electron chi connectivity index (χ0n) is 15.8. The number of hydrogen-bond donors (Lipinski definition) is 1. The van der Waals surface area contributed by atoms with Crippen LogP contribution in [0, 0.1) is 6.92 Å². The van der Waals surface area contributed by atoms with E-state index >= 15 is 0 Å². The summed E-state index contributed by atoms with van der Waals surface area (Å²) in [5.74, 6) is 1.35. The van der Waals surface area contributed by atoms with E-state index in [0.717, 1.165) is 30.9 Å². The van der Waals surface area contributed by atoms with Crippen LogP contribution in [0.5, 0.6) is 0 Å². The summed E-state index contributed by atoms with van der Waals surface area (Å²) in [6.07, 6.45) is 0. The second-order valence-electron chi connectivity index (χ2n) is 6.81. The molecule has 0 spiro atoms. The second-order valence-corrected chi connectivity index (χ2v) is 7.84. The normalized spacial score (nSPS) is 15.0. The van der Waals surface area contributed by atoms with Crippen molar-refractivity contribution in [3.63, 3.8) is 0 Å². The van der Waals surface area contributed by atoms with Gasteiger partial charge in [-0.25, -0.2) is 0 Å². The highest BCUT2D eigenvalue weighted by Gasteiger charge is 2.23. The number of piperazine rings is 1. The van der Waals surface area contributed by atoms with E-state index in [9.17, 15) is 4.79 Å². The summed E-state index contributed by atoms with van der Waals surface area (Å²) in [4.78, 5) is 22.6. The number of benzene rings is 1. The molecule has 28 heavy (non-hydrogen) atoms. The van der Waals surface area contributed by atoms with Crippen LogP contribution in [0.2, 0.25) is 0 Å². The number of amides is 1. The fraction of sp³-hybridized carbons (Fsp3) is 0.350. The van der Waals surface area contributed by atoms with Crippen LogP contribution < -0.4 is 5.32 Å². The second kappa shape index (κ2) is 8.53. The Morgan fingerprint density at radius 2 is 2.07 bits per heavy atom. The molecule has 0 saturated carbocycles. The summed E-state index contributed by atoms with van der Waals surface area (Å²) in [6.45, 7) is 6.21. The summed E-state index contributed by atoms with van der Waals surface area (Å²) in [5, 5.41) is 9.40. The molecule has 3 heterocycles. The molecule has 1 N–H and O–H groups in total. The van der Waals surface area contributed by atoms with Gasteiger partial charge in [0.05, 0.1) is 6.54 Å². The van der Waals surface area contributed by atoms with Crippen LogP contribution in [-0.4, -0.2) is 52.0 Å². The van der Waals surface area contributed by atoms with E-state index in [-0.39, 0.29) is 5.91 Å². The van der Waals surface area contributed by atoms with Gasteiger partial charge in [-0.05, 0) is 29.6 Å². The van der Waals surface area contributed by atoms with Crippen molar-refractivity contribution < 1.29 is 9.32 Å². The largest absolute Gasteiger partial charge is 0.380 e. The first-order chi connectivity index (χ1) is 13.7. The first kappa shape index (κ1) is 18.6. The van der Waals surface area contributed by atoms with Crippen molar-refractivity contribution in [1.82, 2.24) is 19.9 Å². The molecule has 1 aliphatic rings. The molecule has 7 nitrogen and oxygen atoms in total. The number of rotatable bonds is 6. The number of carbonyl (C=O) groups excluding carboxylic acids is 1. The molecule has 1 aromatic carbocycles. The maximum absolute atomic E-state index is 12.9. The van der Waals surface area contributed by atoms with Gasteiger partial charge in [-0.15, -0.1) is 11.3 Å². The summed E-state index contributed by atoms with van der Waals surface area (Å²) < 4.78 is 5.02. The molecule has 0 unspecified atom stereocenters. The zero-order valence-corrected chi connectivity index (χ0v) is 16.6. The molecule has 3 aromatic rings. The molecule has 0 aliphatic carbocycles. The molecule has 0 bridgehead atoms. The van der Waals surface area contributed by atoms with Gasteiger partial charge in [0.25, 0.3) is 5.91 Å². The van der Waals surface area contributed by atoms with E-state index in [1.54, 1.807) is 18.3 Å².